The molecule has 0 radical (unpaired) electrons. The quantitative estimate of drug-likeness (QED) is 0.608. The van der Waals surface area contributed by atoms with Crippen LogP contribution in [0.1, 0.15) is 45.4 Å². The summed E-state index contributed by atoms with van der Waals surface area (Å²) in [4.78, 5) is 2.46. The van der Waals surface area contributed by atoms with Gasteiger partial charge in [0, 0.05) is 32.8 Å². The van der Waals surface area contributed by atoms with Gasteiger partial charge in [0.25, 0.3) is 0 Å². The van der Waals surface area contributed by atoms with Crippen molar-refractivity contribution in [1.29, 1.82) is 0 Å². The number of nitrogens with one attached hydrogen (secondary N) is 1. The van der Waals surface area contributed by atoms with E-state index in [1.807, 2.05) is 0 Å². The van der Waals surface area contributed by atoms with Crippen molar-refractivity contribution in [3.8, 4) is 0 Å². The van der Waals surface area contributed by atoms with E-state index >= 15 is 0 Å². The average Bonchev–Trinajstić information content (AvgIpc) is 2.88. The highest BCUT2D eigenvalue weighted by atomic mass is 16.5. The molecule has 3 heteroatoms. The second-order valence-corrected chi connectivity index (χ2v) is 5.71. The van der Waals surface area contributed by atoms with E-state index in [1.54, 1.807) is 7.11 Å². The Morgan fingerprint density at radius 3 is 2.67 bits per heavy atom. The number of nitrogens with zero attached hydrogens (tertiary/aromatic N) is 1. The largest absolute Gasteiger partial charge is 0.385 e. The highest BCUT2D eigenvalue weighted by molar-refractivity contribution is 4.82. The predicted octanol–water partition coefficient (Wildman–Crippen LogP) is 2.51. The minimum atomic E-state index is 0.694. The van der Waals surface area contributed by atoms with Gasteiger partial charge in [0.1, 0.15) is 0 Å². The minimum Gasteiger partial charge on any atom is -0.385 e. The van der Waals surface area contributed by atoms with Crippen molar-refractivity contribution in [2.75, 3.05) is 40.4 Å². The average molecular weight is 256 g/mol. The second kappa shape index (κ2) is 9.76. The van der Waals surface area contributed by atoms with Crippen molar-refractivity contribution in [1.82, 2.24) is 10.2 Å². The van der Waals surface area contributed by atoms with Crippen molar-refractivity contribution < 1.29 is 4.74 Å². The van der Waals surface area contributed by atoms with E-state index in [4.69, 9.17) is 4.74 Å². The summed E-state index contributed by atoms with van der Waals surface area (Å²) in [6.07, 6.45) is 8.08. The normalized spacial score (nSPS) is 18.7. The molecule has 0 aliphatic heterocycles. The summed E-state index contributed by atoms with van der Waals surface area (Å²) in [5, 5.41) is 3.76. The molecule has 1 aliphatic carbocycles. The summed E-state index contributed by atoms with van der Waals surface area (Å²) in [5.41, 5.74) is 0. The predicted molar refractivity (Wildman–Crippen MR) is 78.0 cm³/mol. The molecule has 1 fully saturated rings. The lowest BCUT2D eigenvalue weighted by Gasteiger charge is -2.29. The smallest absolute Gasteiger partial charge is 0.0474 e. The first-order valence-electron chi connectivity index (χ1n) is 7.68. The van der Waals surface area contributed by atoms with Crippen molar-refractivity contribution >= 4 is 0 Å². The van der Waals surface area contributed by atoms with Crippen LogP contribution in [-0.4, -0.2) is 51.3 Å². The Morgan fingerprint density at radius 1 is 1.33 bits per heavy atom. The zero-order chi connectivity index (χ0) is 13.2. The standard InChI is InChI=1S/C15H32N2O/c1-4-10-16-15(14-8-5-6-9-14)13-17(2)11-7-12-18-3/h14-16H,4-13H2,1-3H3. The van der Waals surface area contributed by atoms with Crippen LogP contribution in [0.2, 0.25) is 0 Å². The number of hydrogen-bond donors (Lipinski definition) is 1. The fourth-order valence-electron chi connectivity index (χ4n) is 2.98. The van der Waals surface area contributed by atoms with E-state index in [-0.39, 0.29) is 0 Å². The minimum absolute atomic E-state index is 0.694. The SMILES string of the molecule is CCCNC(CN(C)CCCOC)C1CCCC1. The lowest BCUT2D eigenvalue weighted by atomic mass is 9.97. The van der Waals surface area contributed by atoms with Crippen molar-refractivity contribution in [3.63, 3.8) is 0 Å². The topological polar surface area (TPSA) is 24.5 Å². The number of ether oxygens (including phenoxy) is 1. The van der Waals surface area contributed by atoms with Crippen LogP contribution in [-0.2, 0) is 4.74 Å². The fraction of sp³-hybridized carbons (Fsp3) is 1.00. The third-order valence-corrected chi connectivity index (χ3v) is 4.02. The Morgan fingerprint density at radius 2 is 2.06 bits per heavy atom. The molecule has 18 heavy (non-hydrogen) atoms. The van der Waals surface area contributed by atoms with Crippen LogP contribution in [0.4, 0.5) is 0 Å². The molecule has 0 bridgehead atoms. The molecule has 1 saturated carbocycles. The third-order valence-electron chi connectivity index (χ3n) is 4.02. The molecule has 108 valence electrons. The number of hydrogen-bond acceptors (Lipinski definition) is 3. The van der Waals surface area contributed by atoms with Gasteiger partial charge in [-0.3, -0.25) is 0 Å². The highest BCUT2D eigenvalue weighted by Crippen LogP contribution is 2.28. The Balaban J connectivity index is 2.29. The van der Waals surface area contributed by atoms with Crippen LogP contribution < -0.4 is 5.32 Å². The molecule has 0 amide bonds. The molecule has 1 rings (SSSR count). The molecule has 1 atom stereocenters. The third kappa shape index (κ3) is 6.17. The van der Waals surface area contributed by atoms with Gasteiger partial charge in [0.15, 0.2) is 0 Å². The van der Waals surface area contributed by atoms with E-state index in [9.17, 15) is 0 Å². The molecular weight excluding hydrogens is 224 g/mol. The maximum Gasteiger partial charge on any atom is 0.0474 e. The summed E-state index contributed by atoms with van der Waals surface area (Å²) in [7, 11) is 4.02. The van der Waals surface area contributed by atoms with E-state index in [0.717, 1.165) is 32.0 Å². The number of rotatable bonds is 10. The maximum absolute atomic E-state index is 5.12. The summed E-state index contributed by atoms with van der Waals surface area (Å²) in [6.45, 7) is 6.62. The molecule has 0 aromatic rings. The van der Waals surface area contributed by atoms with Crippen molar-refractivity contribution in [2.24, 2.45) is 5.92 Å². The molecule has 0 heterocycles. The van der Waals surface area contributed by atoms with Gasteiger partial charge in [-0.1, -0.05) is 19.8 Å². The molecule has 1 unspecified atom stereocenters. The van der Waals surface area contributed by atoms with Crippen LogP contribution in [0.3, 0.4) is 0 Å². The fourth-order valence-corrected chi connectivity index (χ4v) is 2.98. The van der Waals surface area contributed by atoms with Crippen LogP contribution in [0.15, 0.2) is 0 Å². The van der Waals surface area contributed by atoms with Gasteiger partial charge < -0.3 is 15.0 Å². The van der Waals surface area contributed by atoms with Gasteiger partial charge in [-0.25, -0.2) is 0 Å². The molecule has 1 aliphatic rings. The lowest BCUT2D eigenvalue weighted by Crippen LogP contribution is -2.44. The first-order valence-corrected chi connectivity index (χ1v) is 7.68. The van der Waals surface area contributed by atoms with Gasteiger partial charge >= 0.3 is 0 Å². The van der Waals surface area contributed by atoms with E-state index in [2.05, 4.69) is 24.2 Å². The van der Waals surface area contributed by atoms with Crippen LogP contribution in [0.25, 0.3) is 0 Å². The summed E-state index contributed by atoms with van der Waals surface area (Å²) < 4.78 is 5.12. The number of likely N-dealkylation sites (N-methyl/N-ethyl adjacent to an activating group) is 1. The Kier molecular flexibility index (Phi) is 8.64. The van der Waals surface area contributed by atoms with Crippen LogP contribution in [0.5, 0.6) is 0 Å². The number of methoxy groups -OCH3 is 1. The highest BCUT2D eigenvalue weighted by Gasteiger charge is 2.25. The first kappa shape index (κ1) is 15.9. The van der Waals surface area contributed by atoms with Gasteiger partial charge in [0.05, 0.1) is 0 Å². The van der Waals surface area contributed by atoms with Crippen LogP contribution >= 0.6 is 0 Å². The summed E-state index contributed by atoms with van der Waals surface area (Å²) in [5.74, 6) is 0.904. The Hall–Kier alpha value is -0.120. The molecule has 0 aromatic carbocycles. The van der Waals surface area contributed by atoms with Crippen molar-refractivity contribution in [2.45, 2.75) is 51.5 Å². The monoisotopic (exact) mass is 256 g/mol. The van der Waals surface area contributed by atoms with E-state index in [1.165, 1.54) is 38.6 Å². The zero-order valence-electron chi connectivity index (χ0n) is 12.6. The first-order chi connectivity index (χ1) is 8.77. The molecular formula is C15H32N2O. The maximum atomic E-state index is 5.12. The van der Waals surface area contributed by atoms with Gasteiger partial charge in [-0.05, 0) is 45.2 Å². The second-order valence-electron chi connectivity index (χ2n) is 5.71. The van der Waals surface area contributed by atoms with Gasteiger partial charge in [0.2, 0.25) is 0 Å². The summed E-state index contributed by atoms with van der Waals surface area (Å²) in [6, 6.07) is 0.694. The lowest BCUT2D eigenvalue weighted by molar-refractivity contribution is 0.171. The van der Waals surface area contributed by atoms with E-state index in [0.29, 0.717) is 6.04 Å². The molecule has 0 saturated heterocycles. The molecule has 1 N–H and O–H groups in total. The van der Waals surface area contributed by atoms with Gasteiger partial charge in [-0.2, -0.15) is 0 Å². The van der Waals surface area contributed by atoms with E-state index < -0.39 is 0 Å². The van der Waals surface area contributed by atoms with Crippen LogP contribution in [0, 0.1) is 5.92 Å². The summed E-state index contributed by atoms with van der Waals surface area (Å²) >= 11 is 0. The zero-order valence-corrected chi connectivity index (χ0v) is 12.6. The van der Waals surface area contributed by atoms with Gasteiger partial charge in [-0.15, -0.1) is 0 Å². The Bertz CT molecular complexity index is 193. The molecule has 0 spiro atoms. The Labute approximate surface area is 113 Å². The molecule has 0 aromatic heterocycles. The molecule has 3 nitrogen and oxygen atoms in total. The van der Waals surface area contributed by atoms with Crippen molar-refractivity contribution in [3.05, 3.63) is 0 Å².